The SMILES string of the molecule is c1ccc(-c2cc(Pc3cc(-c4ccccc4)cc(-c4ccccc4)c3)cc(-c3ccccc3)c2)cc1. The summed E-state index contributed by atoms with van der Waals surface area (Å²) < 4.78 is 0. The van der Waals surface area contributed by atoms with Crippen molar-refractivity contribution in [3.05, 3.63) is 158 Å². The molecule has 0 fully saturated rings. The van der Waals surface area contributed by atoms with Gasteiger partial charge >= 0.3 is 0 Å². The predicted molar refractivity (Wildman–Crippen MR) is 162 cm³/mol. The van der Waals surface area contributed by atoms with Gasteiger partial charge in [0.05, 0.1) is 0 Å². The van der Waals surface area contributed by atoms with Gasteiger partial charge in [0.15, 0.2) is 0 Å². The Bertz CT molecular complexity index is 1370. The minimum atomic E-state index is 0.542. The monoisotopic (exact) mass is 490 g/mol. The van der Waals surface area contributed by atoms with Crippen LogP contribution in [0.15, 0.2) is 158 Å². The second kappa shape index (κ2) is 10.8. The van der Waals surface area contributed by atoms with Gasteiger partial charge in [-0.25, -0.2) is 0 Å². The van der Waals surface area contributed by atoms with E-state index in [9.17, 15) is 0 Å². The van der Waals surface area contributed by atoms with E-state index in [2.05, 4.69) is 158 Å². The van der Waals surface area contributed by atoms with Gasteiger partial charge in [-0.3, -0.25) is 0 Å². The predicted octanol–water partition coefficient (Wildman–Crippen LogP) is 8.98. The molecule has 0 N–H and O–H groups in total. The van der Waals surface area contributed by atoms with Crippen LogP contribution in [0, 0.1) is 0 Å². The van der Waals surface area contributed by atoms with Gasteiger partial charge in [-0.2, -0.15) is 0 Å². The summed E-state index contributed by atoms with van der Waals surface area (Å²) in [4.78, 5) is 0. The van der Waals surface area contributed by atoms with Crippen molar-refractivity contribution in [1.29, 1.82) is 0 Å². The van der Waals surface area contributed by atoms with Gasteiger partial charge in [-0.1, -0.05) is 130 Å². The molecule has 0 aromatic heterocycles. The van der Waals surface area contributed by atoms with E-state index >= 15 is 0 Å². The molecule has 0 aliphatic carbocycles. The molecular formula is C36H27P. The Morgan fingerprint density at radius 3 is 0.730 bits per heavy atom. The van der Waals surface area contributed by atoms with Crippen molar-refractivity contribution < 1.29 is 0 Å². The Balaban J connectivity index is 1.46. The zero-order valence-corrected chi connectivity index (χ0v) is 21.5. The van der Waals surface area contributed by atoms with E-state index in [-0.39, 0.29) is 0 Å². The lowest BCUT2D eigenvalue weighted by atomic mass is 9.99. The molecule has 0 bridgehead atoms. The average Bonchev–Trinajstić information content (AvgIpc) is 2.99. The molecule has 1 heteroatoms. The van der Waals surface area contributed by atoms with Crippen LogP contribution in [0.5, 0.6) is 0 Å². The zero-order chi connectivity index (χ0) is 24.9. The van der Waals surface area contributed by atoms with Crippen molar-refractivity contribution in [3.63, 3.8) is 0 Å². The third-order valence-electron chi connectivity index (χ3n) is 6.58. The van der Waals surface area contributed by atoms with E-state index in [0.717, 1.165) is 0 Å². The zero-order valence-electron chi connectivity index (χ0n) is 20.5. The Labute approximate surface area is 221 Å². The van der Waals surface area contributed by atoms with Crippen LogP contribution in [0.1, 0.15) is 0 Å². The summed E-state index contributed by atoms with van der Waals surface area (Å²) in [5.41, 5.74) is 10.0. The lowest BCUT2D eigenvalue weighted by molar-refractivity contribution is 1.60. The van der Waals surface area contributed by atoms with Crippen LogP contribution in [0.25, 0.3) is 44.5 Å². The molecule has 0 amide bonds. The van der Waals surface area contributed by atoms with Gasteiger partial charge in [0.25, 0.3) is 0 Å². The van der Waals surface area contributed by atoms with Gasteiger partial charge in [-0.05, 0) is 91.5 Å². The van der Waals surface area contributed by atoms with E-state index < -0.39 is 0 Å². The summed E-state index contributed by atoms with van der Waals surface area (Å²) in [5.74, 6) is 0. The van der Waals surface area contributed by atoms with Crippen LogP contribution in [-0.2, 0) is 0 Å². The Kier molecular flexibility index (Phi) is 6.76. The first kappa shape index (κ1) is 23.2. The maximum atomic E-state index is 2.36. The molecule has 0 saturated carbocycles. The first-order valence-corrected chi connectivity index (χ1v) is 13.6. The van der Waals surface area contributed by atoms with Crippen molar-refractivity contribution >= 4 is 19.2 Å². The van der Waals surface area contributed by atoms with E-state index in [1.54, 1.807) is 0 Å². The van der Waals surface area contributed by atoms with Gasteiger partial charge in [0.1, 0.15) is 0 Å². The fraction of sp³-hybridized carbons (Fsp3) is 0. The van der Waals surface area contributed by atoms with Crippen molar-refractivity contribution in [1.82, 2.24) is 0 Å². The van der Waals surface area contributed by atoms with E-state index in [4.69, 9.17) is 0 Å². The van der Waals surface area contributed by atoms with Crippen LogP contribution in [0.3, 0.4) is 0 Å². The van der Waals surface area contributed by atoms with E-state index in [0.29, 0.717) is 8.58 Å². The lowest BCUT2D eigenvalue weighted by Crippen LogP contribution is -2.06. The maximum Gasteiger partial charge on any atom is -0.0171 e. The van der Waals surface area contributed by atoms with Crippen LogP contribution in [0.2, 0.25) is 0 Å². The molecule has 0 aliphatic rings. The standard InChI is InChI=1S/C36H27P/c1-5-13-27(14-6-1)31-21-32(28-15-7-2-8-16-28)24-35(23-31)37-36-25-33(29-17-9-3-10-18-29)22-34(26-36)30-19-11-4-12-20-30/h1-26,37H. The Morgan fingerprint density at radius 2 is 0.486 bits per heavy atom. The van der Waals surface area contributed by atoms with Crippen LogP contribution in [-0.4, -0.2) is 0 Å². The van der Waals surface area contributed by atoms with Gasteiger partial charge in [0.2, 0.25) is 0 Å². The molecule has 0 radical (unpaired) electrons. The van der Waals surface area contributed by atoms with E-state index in [1.165, 1.54) is 55.1 Å². The molecular weight excluding hydrogens is 463 g/mol. The summed E-state index contributed by atoms with van der Waals surface area (Å²) in [5, 5.41) is 2.67. The Hall–Kier alpha value is -4.25. The fourth-order valence-corrected chi connectivity index (χ4v) is 6.00. The van der Waals surface area contributed by atoms with Crippen LogP contribution >= 0.6 is 8.58 Å². The first-order valence-electron chi connectivity index (χ1n) is 12.6. The van der Waals surface area contributed by atoms with Crippen LogP contribution in [0.4, 0.5) is 0 Å². The third-order valence-corrected chi connectivity index (χ3v) is 7.74. The van der Waals surface area contributed by atoms with Crippen molar-refractivity contribution in [2.45, 2.75) is 0 Å². The van der Waals surface area contributed by atoms with Gasteiger partial charge in [-0.15, -0.1) is 0 Å². The molecule has 6 rings (SSSR count). The highest BCUT2D eigenvalue weighted by Gasteiger charge is 2.10. The fourth-order valence-electron chi connectivity index (χ4n) is 4.76. The minimum absolute atomic E-state index is 0.542. The molecule has 0 aliphatic heterocycles. The highest BCUT2D eigenvalue weighted by Crippen LogP contribution is 2.31. The maximum absolute atomic E-state index is 2.36. The summed E-state index contributed by atoms with van der Waals surface area (Å²) in [6, 6.07) is 56.8. The lowest BCUT2D eigenvalue weighted by Gasteiger charge is -2.14. The first-order chi connectivity index (χ1) is 18.3. The normalized spacial score (nSPS) is 10.8. The number of hydrogen-bond acceptors (Lipinski definition) is 0. The molecule has 0 unspecified atom stereocenters. The number of benzene rings is 6. The second-order valence-corrected chi connectivity index (χ2v) is 10.6. The summed E-state index contributed by atoms with van der Waals surface area (Å²) >= 11 is 0. The van der Waals surface area contributed by atoms with Crippen molar-refractivity contribution in [2.75, 3.05) is 0 Å². The highest BCUT2D eigenvalue weighted by atomic mass is 31.1. The largest absolute Gasteiger partial charge is 0.0622 e. The molecule has 0 atom stereocenters. The number of rotatable bonds is 6. The van der Waals surface area contributed by atoms with Gasteiger partial charge < -0.3 is 0 Å². The van der Waals surface area contributed by atoms with Crippen LogP contribution < -0.4 is 10.6 Å². The second-order valence-electron chi connectivity index (χ2n) is 9.19. The molecule has 0 spiro atoms. The van der Waals surface area contributed by atoms with Crippen molar-refractivity contribution in [2.24, 2.45) is 0 Å². The highest BCUT2D eigenvalue weighted by molar-refractivity contribution is 7.55. The third kappa shape index (κ3) is 5.46. The quantitative estimate of drug-likeness (QED) is 0.204. The summed E-state index contributed by atoms with van der Waals surface area (Å²) in [6.07, 6.45) is 0. The molecule has 176 valence electrons. The topological polar surface area (TPSA) is 0 Å². The molecule has 0 heterocycles. The molecule has 0 saturated heterocycles. The molecule has 6 aromatic carbocycles. The van der Waals surface area contributed by atoms with Crippen molar-refractivity contribution in [3.8, 4) is 44.5 Å². The average molecular weight is 491 g/mol. The molecule has 37 heavy (non-hydrogen) atoms. The Morgan fingerprint density at radius 1 is 0.243 bits per heavy atom. The minimum Gasteiger partial charge on any atom is -0.0622 e. The molecule has 0 nitrogen and oxygen atoms in total. The van der Waals surface area contributed by atoms with E-state index in [1.807, 2.05) is 0 Å². The summed E-state index contributed by atoms with van der Waals surface area (Å²) in [6.45, 7) is 0. The van der Waals surface area contributed by atoms with Gasteiger partial charge in [0, 0.05) is 0 Å². The molecule has 6 aromatic rings. The summed E-state index contributed by atoms with van der Waals surface area (Å²) in [7, 11) is 0.542. The number of hydrogen-bond donors (Lipinski definition) is 0. The smallest absolute Gasteiger partial charge is 0.0171 e.